The molecule has 45 heavy (non-hydrogen) atoms. The van der Waals surface area contributed by atoms with Crippen molar-refractivity contribution in [1.29, 1.82) is 0 Å². The summed E-state index contributed by atoms with van der Waals surface area (Å²) in [6.45, 7) is 10.2. The SMILES string of the molecule is C=Cc1c(/C=C\C)ccc(/C(=C2/C=Cc3ccccc3C2)c2ccc(-n3c(-c4ccccc4)nc4ccccc43)cc2)c1N=C. The van der Waals surface area contributed by atoms with Crippen LogP contribution in [0.4, 0.5) is 5.69 Å². The number of hydrogen-bond donors (Lipinski definition) is 0. The summed E-state index contributed by atoms with van der Waals surface area (Å²) in [6.07, 6.45) is 11.3. The second kappa shape index (κ2) is 12.1. The number of fused-ring (bicyclic) bond motifs is 2. The fourth-order valence-electron chi connectivity index (χ4n) is 6.38. The van der Waals surface area contributed by atoms with E-state index in [1.807, 2.05) is 31.2 Å². The number of nitrogens with zero attached hydrogens (tertiary/aromatic N) is 3. The molecule has 5 aromatic carbocycles. The summed E-state index contributed by atoms with van der Waals surface area (Å²) in [5, 5.41) is 0. The van der Waals surface area contributed by atoms with E-state index in [4.69, 9.17) is 4.98 Å². The Kier molecular flexibility index (Phi) is 7.51. The van der Waals surface area contributed by atoms with Crippen LogP contribution in [0.15, 0.2) is 145 Å². The maximum Gasteiger partial charge on any atom is 0.145 e. The van der Waals surface area contributed by atoms with E-state index in [2.05, 4.69) is 144 Å². The van der Waals surface area contributed by atoms with Crippen molar-refractivity contribution >= 4 is 47.2 Å². The summed E-state index contributed by atoms with van der Waals surface area (Å²) in [5.74, 6) is 0.920. The van der Waals surface area contributed by atoms with Crippen LogP contribution in [0.25, 0.3) is 51.9 Å². The molecule has 0 saturated heterocycles. The number of aromatic nitrogens is 2. The summed E-state index contributed by atoms with van der Waals surface area (Å²) < 4.78 is 2.25. The van der Waals surface area contributed by atoms with Gasteiger partial charge in [0, 0.05) is 22.4 Å². The summed E-state index contributed by atoms with van der Waals surface area (Å²) in [7, 11) is 0. The second-order valence-electron chi connectivity index (χ2n) is 11.1. The zero-order valence-corrected chi connectivity index (χ0v) is 25.3. The average Bonchev–Trinajstić information content (AvgIpc) is 3.49. The molecule has 1 aliphatic rings. The van der Waals surface area contributed by atoms with Gasteiger partial charge < -0.3 is 0 Å². The van der Waals surface area contributed by atoms with Gasteiger partial charge in [0.2, 0.25) is 0 Å². The van der Waals surface area contributed by atoms with E-state index in [0.717, 1.165) is 68.0 Å². The van der Waals surface area contributed by atoms with Crippen molar-refractivity contribution in [1.82, 2.24) is 9.55 Å². The van der Waals surface area contributed by atoms with Gasteiger partial charge in [-0.15, -0.1) is 0 Å². The maximum absolute atomic E-state index is 5.03. The number of rotatable bonds is 7. The first-order chi connectivity index (χ1) is 22.2. The minimum Gasteiger partial charge on any atom is -0.292 e. The highest BCUT2D eigenvalue weighted by Crippen LogP contribution is 2.41. The van der Waals surface area contributed by atoms with Crippen molar-refractivity contribution < 1.29 is 0 Å². The van der Waals surface area contributed by atoms with E-state index in [9.17, 15) is 0 Å². The zero-order valence-electron chi connectivity index (χ0n) is 25.3. The molecule has 0 bridgehead atoms. The highest BCUT2D eigenvalue weighted by molar-refractivity contribution is 5.94. The summed E-state index contributed by atoms with van der Waals surface area (Å²) in [6, 6.07) is 40.4. The smallest absolute Gasteiger partial charge is 0.145 e. The Balaban J connectivity index is 1.43. The largest absolute Gasteiger partial charge is 0.292 e. The van der Waals surface area contributed by atoms with Crippen LogP contribution >= 0.6 is 0 Å². The van der Waals surface area contributed by atoms with Gasteiger partial charge in [-0.2, -0.15) is 0 Å². The van der Waals surface area contributed by atoms with E-state index >= 15 is 0 Å². The van der Waals surface area contributed by atoms with Crippen molar-refractivity contribution in [3.05, 3.63) is 173 Å². The molecule has 6 aromatic rings. The third-order valence-electron chi connectivity index (χ3n) is 8.46. The fraction of sp³-hybridized carbons (Fsp3) is 0.0476. The highest BCUT2D eigenvalue weighted by Gasteiger charge is 2.21. The molecule has 1 aromatic heterocycles. The minimum absolute atomic E-state index is 0.824. The molecule has 7 rings (SSSR count). The van der Waals surface area contributed by atoms with Crippen LogP contribution in [-0.2, 0) is 6.42 Å². The van der Waals surface area contributed by atoms with E-state index in [-0.39, 0.29) is 0 Å². The molecule has 0 atom stereocenters. The number of para-hydroxylation sites is 2. The third-order valence-corrected chi connectivity index (χ3v) is 8.46. The van der Waals surface area contributed by atoms with E-state index < -0.39 is 0 Å². The van der Waals surface area contributed by atoms with Gasteiger partial charge in [-0.25, -0.2) is 4.98 Å². The Labute approximate surface area is 264 Å². The summed E-state index contributed by atoms with van der Waals surface area (Å²) in [4.78, 5) is 9.62. The molecule has 1 aliphatic carbocycles. The van der Waals surface area contributed by atoms with Crippen LogP contribution in [0.3, 0.4) is 0 Å². The molecule has 0 amide bonds. The van der Waals surface area contributed by atoms with Gasteiger partial charge in [0.15, 0.2) is 0 Å². The number of aliphatic imine (C=N–C) groups is 1. The lowest BCUT2D eigenvalue weighted by Crippen LogP contribution is -2.03. The van der Waals surface area contributed by atoms with Crippen LogP contribution in [0, 0.1) is 0 Å². The van der Waals surface area contributed by atoms with Crippen LogP contribution in [-0.4, -0.2) is 16.3 Å². The lowest BCUT2D eigenvalue weighted by molar-refractivity contribution is 1.10. The Morgan fingerprint density at radius 2 is 1.58 bits per heavy atom. The number of hydrogen-bond acceptors (Lipinski definition) is 2. The summed E-state index contributed by atoms with van der Waals surface area (Å²) in [5.41, 5.74) is 14.2. The molecular formula is C42H33N3. The van der Waals surface area contributed by atoms with E-state index in [1.165, 1.54) is 16.7 Å². The van der Waals surface area contributed by atoms with Crippen LogP contribution in [0.2, 0.25) is 0 Å². The maximum atomic E-state index is 5.03. The molecule has 0 radical (unpaired) electrons. The van der Waals surface area contributed by atoms with E-state index in [1.54, 1.807) is 0 Å². The van der Waals surface area contributed by atoms with E-state index in [0.29, 0.717) is 0 Å². The first-order valence-corrected chi connectivity index (χ1v) is 15.2. The highest BCUT2D eigenvalue weighted by atomic mass is 15.1. The lowest BCUT2D eigenvalue weighted by Gasteiger charge is -2.21. The average molecular weight is 580 g/mol. The molecule has 0 N–H and O–H groups in total. The second-order valence-corrected chi connectivity index (χ2v) is 11.1. The van der Waals surface area contributed by atoms with Gasteiger partial charge in [0.25, 0.3) is 0 Å². The van der Waals surface area contributed by atoms with Gasteiger partial charge in [0.05, 0.1) is 16.7 Å². The van der Waals surface area contributed by atoms with Crippen LogP contribution in [0.1, 0.15) is 40.3 Å². The molecule has 3 heteroatoms. The fourth-order valence-corrected chi connectivity index (χ4v) is 6.38. The van der Waals surface area contributed by atoms with Gasteiger partial charge >= 0.3 is 0 Å². The molecule has 0 saturated carbocycles. The van der Waals surface area contributed by atoms with Crippen molar-refractivity contribution in [3.63, 3.8) is 0 Å². The predicted octanol–water partition coefficient (Wildman–Crippen LogP) is 10.8. The first-order valence-electron chi connectivity index (χ1n) is 15.2. The van der Waals surface area contributed by atoms with Gasteiger partial charge in [-0.05, 0) is 77.7 Å². The molecular weight excluding hydrogens is 546 g/mol. The monoisotopic (exact) mass is 579 g/mol. The van der Waals surface area contributed by atoms with Gasteiger partial charge in [-0.1, -0.05) is 128 Å². The quantitative estimate of drug-likeness (QED) is 0.173. The van der Waals surface area contributed by atoms with Crippen LogP contribution < -0.4 is 0 Å². The molecule has 0 aliphatic heterocycles. The molecule has 3 nitrogen and oxygen atoms in total. The molecule has 0 spiro atoms. The predicted molar refractivity (Wildman–Crippen MR) is 192 cm³/mol. The number of benzene rings is 5. The third kappa shape index (κ3) is 5.09. The van der Waals surface area contributed by atoms with Crippen molar-refractivity contribution in [2.24, 2.45) is 4.99 Å². The number of imidazole rings is 1. The topological polar surface area (TPSA) is 30.2 Å². The number of allylic oxidation sites excluding steroid dienone is 3. The molecule has 0 unspecified atom stereocenters. The van der Waals surface area contributed by atoms with Crippen molar-refractivity contribution in [3.8, 4) is 17.1 Å². The standard InChI is InChI=1S/C42H33N3/c1-4-13-30-24-27-37(41(43-3)36(30)5-2)40(34-21-20-29-14-9-10-17-33(29)28-34)31-22-25-35(26-23-31)45-39-19-12-11-18-38(39)44-42(45)32-15-7-6-8-16-32/h4-27H,2-3,28H2,1H3/b13-4-,40-34-. The Hall–Kier alpha value is -5.80. The van der Waals surface area contributed by atoms with Crippen molar-refractivity contribution in [2.45, 2.75) is 13.3 Å². The lowest BCUT2D eigenvalue weighted by atomic mass is 9.84. The Morgan fingerprint density at radius 1 is 0.822 bits per heavy atom. The zero-order chi connectivity index (χ0) is 30.8. The Morgan fingerprint density at radius 3 is 2.36 bits per heavy atom. The minimum atomic E-state index is 0.824. The van der Waals surface area contributed by atoms with Crippen LogP contribution in [0.5, 0.6) is 0 Å². The van der Waals surface area contributed by atoms with Crippen molar-refractivity contribution in [2.75, 3.05) is 0 Å². The normalized spacial score (nSPS) is 13.6. The molecule has 1 heterocycles. The van der Waals surface area contributed by atoms with Gasteiger partial charge in [0.1, 0.15) is 5.82 Å². The summed E-state index contributed by atoms with van der Waals surface area (Å²) >= 11 is 0. The first kappa shape index (κ1) is 28.0. The van der Waals surface area contributed by atoms with Gasteiger partial charge in [-0.3, -0.25) is 9.56 Å². The molecule has 216 valence electrons. The molecule has 0 fully saturated rings. The Bertz CT molecular complexity index is 2160.